The van der Waals surface area contributed by atoms with Crippen molar-refractivity contribution < 1.29 is 18.7 Å². The topological polar surface area (TPSA) is 72.6 Å². The summed E-state index contributed by atoms with van der Waals surface area (Å²) in [4.78, 5) is 29.4. The van der Waals surface area contributed by atoms with Crippen molar-refractivity contribution in [2.75, 3.05) is 20.7 Å². The predicted octanol–water partition coefficient (Wildman–Crippen LogP) is 2.28. The summed E-state index contributed by atoms with van der Waals surface area (Å²) in [5, 5.41) is 2.33. The number of thiazole rings is 1. The maximum Gasteiger partial charge on any atom is 0.310 e. The van der Waals surface area contributed by atoms with Gasteiger partial charge < -0.3 is 14.1 Å². The second-order valence-corrected chi connectivity index (χ2v) is 5.48. The molecule has 0 spiro atoms. The summed E-state index contributed by atoms with van der Waals surface area (Å²) in [6.45, 7) is 1.99. The Hall–Kier alpha value is -2.15. The molecule has 0 aliphatic heterocycles. The minimum absolute atomic E-state index is 0.236. The predicted molar refractivity (Wildman–Crippen MR) is 78.0 cm³/mol. The van der Waals surface area contributed by atoms with E-state index < -0.39 is 0 Å². The lowest BCUT2D eigenvalue weighted by molar-refractivity contribution is -0.145. The van der Waals surface area contributed by atoms with E-state index in [4.69, 9.17) is 4.42 Å². The molecule has 6 nitrogen and oxygen atoms in total. The summed E-state index contributed by atoms with van der Waals surface area (Å²) < 4.78 is 9.89. The van der Waals surface area contributed by atoms with Gasteiger partial charge in [-0.2, -0.15) is 0 Å². The summed E-state index contributed by atoms with van der Waals surface area (Å²) in [5.74, 6) is -0.333. The Kier molecular flexibility index (Phi) is 4.74. The molecule has 7 heteroatoms. The van der Waals surface area contributed by atoms with Gasteiger partial charge in [-0.1, -0.05) is 6.92 Å². The van der Waals surface area contributed by atoms with Crippen LogP contribution in [0.1, 0.15) is 17.4 Å². The largest absolute Gasteiger partial charge is 0.469 e. The molecule has 0 N–H and O–H groups in total. The number of carbonyl (C=O) groups is 2. The standard InChI is InChI=1S/C14H16N2O4S/c1-9(14(18)19-3)7-16(2)13(17)10-8-21-12(15-10)11-5-4-6-20-11/h4-6,8-9H,7H2,1-3H3. The Balaban J connectivity index is 2.04. The Morgan fingerprint density at radius 1 is 1.52 bits per heavy atom. The minimum atomic E-state index is -0.382. The Bertz CT molecular complexity index is 621. The first kappa shape index (κ1) is 15.2. The van der Waals surface area contributed by atoms with E-state index in [-0.39, 0.29) is 24.3 Å². The molecule has 2 aromatic rings. The SMILES string of the molecule is COC(=O)C(C)CN(C)C(=O)c1csc(-c2ccco2)n1. The maximum atomic E-state index is 12.3. The highest BCUT2D eigenvalue weighted by Gasteiger charge is 2.21. The van der Waals surface area contributed by atoms with Crippen LogP contribution < -0.4 is 0 Å². The molecular formula is C14H16N2O4S. The van der Waals surface area contributed by atoms with Crippen molar-refractivity contribution >= 4 is 23.2 Å². The van der Waals surface area contributed by atoms with E-state index in [2.05, 4.69) is 9.72 Å². The van der Waals surface area contributed by atoms with Crippen LogP contribution in [0.25, 0.3) is 10.8 Å². The summed E-state index contributed by atoms with van der Waals surface area (Å²) in [6.07, 6.45) is 1.56. The number of hydrogen-bond acceptors (Lipinski definition) is 6. The molecular weight excluding hydrogens is 292 g/mol. The van der Waals surface area contributed by atoms with Gasteiger partial charge in [-0.3, -0.25) is 9.59 Å². The number of ether oxygens (including phenoxy) is 1. The van der Waals surface area contributed by atoms with Crippen LogP contribution in [0.3, 0.4) is 0 Å². The third-order valence-corrected chi connectivity index (χ3v) is 3.81. The quantitative estimate of drug-likeness (QED) is 0.792. The van der Waals surface area contributed by atoms with E-state index in [1.807, 2.05) is 0 Å². The molecule has 0 bridgehead atoms. The Labute approximate surface area is 126 Å². The normalized spacial score (nSPS) is 12.0. The van der Waals surface area contributed by atoms with Crippen molar-refractivity contribution in [1.29, 1.82) is 0 Å². The van der Waals surface area contributed by atoms with Gasteiger partial charge in [-0.25, -0.2) is 4.98 Å². The first-order valence-corrected chi connectivity index (χ1v) is 7.23. The van der Waals surface area contributed by atoms with E-state index in [1.54, 1.807) is 37.7 Å². The molecule has 0 fully saturated rings. The third-order valence-electron chi connectivity index (χ3n) is 2.95. The number of esters is 1. The van der Waals surface area contributed by atoms with Crippen LogP contribution in [-0.4, -0.2) is 42.5 Å². The molecule has 0 saturated carbocycles. The Morgan fingerprint density at radius 3 is 2.90 bits per heavy atom. The molecule has 1 unspecified atom stereocenters. The first-order valence-electron chi connectivity index (χ1n) is 6.35. The molecule has 0 aliphatic carbocycles. The fourth-order valence-electron chi connectivity index (χ4n) is 1.85. The molecule has 2 heterocycles. The molecule has 0 aromatic carbocycles. The zero-order chi connectivity index (χ0) is 15.4. The minimum Gasteiger partial charge on any atom is -0.469 e. The van der Waals surface area contributed by atoms with Crippen molar-refractivity contribution in [3.8, 4) is 10.8 Å². The number of carbonyl (C=O) groups excluding carboxylic acids is 2. The van der Waals surface area contributed by atoms with Crippen molar-refractivity contribution in [3.63, 3.8) is 0 Å². The Morgan fingerprint density at radius 2 is 2.29 bits per heavy atom. The lowest BCUT2D eigenvalue weighted by Crippen LogP contribution is -2.34. The molecule has 0 saturated heterocycles. The molecule has 2 rings (SSSR count). The highest BCUT2D eigenvalue weighted by Crippen LogP contribution is 2.24. The zero-order valence-corrected chi connectivity index (χ0v) is 12.8. The molecule has 0 aliphatic rings. The number of amides is 1. The monoisotopic (exact) mass is 308 g/mol. The van der Waals surface area contributed by atoms with Crippen LogP contribution in [-0.2, 0) is 9.53 Å². The van der Waals surface area contributed by atoms with Crippen LogP contribution in [0.5, 0.6) is 0 Å². The molecule has 1 amide bonds. The average Bonchev–Trinajstić information content (AvgIpc) is 3.15. The lowest BCUT2D eigenvalue weighted by atomic mass is 10.1. The van der Waals surface area contributed by atoms with E-state index in [0.717, 1.165) is 0 Å². The smallest absolute Gasteiger partial charge is 0.310 e. The fraction of sp³-hybridized carbons (Fsp3) is 0.357. The van der Waals surface area contributed by atoms with Gasteiger partial charge >= 0.3 is 5.97 Å². The number of furan rings is 1. The lowest BCUT2D eigenvalue weighted by Gasteiger charge is -2.19. The van der Waals surface area contributed by atoms with Crippen molar-refractivity contribution in [2.45, 2.75) is 6.92 Å². The van der Waals surface area contributed by atoms with Crippen molar-refractivity contribution in [1.82, 2.24) is 9.88 Å². The van der Waals surface area contributed by atoms with Crippen molar-refractivity contribution in [3.05, 3.63) is 29.5 Å². The van der Waals surface area contributed by atoms with Crippen LogP contribution in [0.2, 0.25) is 0 Å². The summed E-state index contributed by atoms with van der Waals surface area (Å²) >= 11 is 1.34. The highest BCUT2D eigenvalue weighted by molar-refractivity contribution is 7.13. The van der Waals surface area contributed by atoms with Gasteiger partial charge in [0.2, 0.25) is 0 Å². The summed E-state index contributed by atoms with van der Waals surface area (Å²) in [6, 6.07) is 3.55. The number of hydrogen-bond donors (Lipinski definition) is 0. The maximum absolute atomic E-state index is 12.3. The van der Waals surface area contributed by atoms with Gasteiger partial charge in [-0.15, -0.1) is 11.3 Å². The molecule has 2 aromatic heterocycles. The van der Waals surface area contributed by atoms with Gasteiger partial charge in [-0.05, 0) is 12.1 Å². The molecule has 1 atom stereocenters. The van der Waals surface area contributed by atoms with Crippen LogP contribution in [0.4, 0.5) is 0 Å². The highest BCUT2D eigenvalue weighted by atomic mass is 32.1. The fourth-order valence-corrected chi connectivity index (χ4v) is 2.61. The average molecular weight is 308 g/mol. The summed E-state index contributed by atoms with van der Waals surface area (Å²) in [5.41, 5.74) is 0.339. The number of methoxy groups -OCH3 is 1. The molecule has 112 valence electrons. The second kappa shape index (κ2) is 6.53. The zero-order valence-electron chi connectivity index (χ0n) is 12.0. The van der Waals surface area contributed by atoms with Crippen molar-refractivity contribution in [2.24, 2.45) is 5.92 Å². The molecule has 21 heavy (non-hydrogen) atoms. The number of rotatable bonds is 5. The van der Waals surface area contributed by atoms with Gasteiger partial charge in [0, 0.05) is 19.0 Å². The van der Waals surface area contributed by atoms with E-state index >= 15 is 0 Å². The van der Waals surface area contributed by atoms with Crippen LogP contribution in [0, 0.1) is 5.92 Å². The number of nitrogens with zero attached hydrogens (tertiary/aromatic N) is 2. The third kappa shape index (κ3) is 3.49. The van der Waals surface area contributed by atoms with Gasteiger partial charge in [0.05, 0.1) is 19.3 Å². The van der Waals surface area contributed by atoms with Gasteiger partial charge in [0.25, 0.3) is 5.91 Å². The van der Waals surface area contributed by atoms with Crippen LogP contribution >= 0.6 is 11.3 Å². The van der Waals surface area contributed by atoms with Crippen LogP contribution in [0.15, 0.2) is 28.2 Å². The van der Waals surface area contributed by atoms with Gasteiger partial charge in [0.1, 0.15) is 5.69 Å². The van der Waals surface area contributed by atoms with Gasteiger partial charge in [0.15, 0.2) is 10.8 Å². The first-order chi connectivity index (χ1) is 10.0. The molecule has 0 radical (unpaired) electrons. The van der Waals surface area contributed by atoms with E-state index in [0.29, 0.717) is 16.5 Å². The van der Waals surface area contributed by atoms with E-state index in [1.165, 1.54) is 23.3 Å². The van der Waals surface area contributed by atoms with E-state index in [9.17, 15) is 9.59 Å². The number of aromatic nitrogens is 1. The summed E-state index contributed by atoms with van der Waals surface area (Å²) in [7, 11) is 2.96. The second-order valence-electron chi connectivity index (χ2n) is 4.63.